The Morgan fingerprint density at radius 3 is 2.58 bits per heavy atom. The van der Waals surface area contributed by atoms with Crippen molar-refractivity contribution in [2.45, 2.75) is 51.7 Å². The molecule has 0 atom stereocenters. The molecule has 2 N–H and O–H groups in total. The van der Waals surface area contributed by atoms with Crippen LogP contribution in [0.2, 0.25) is 0 Å². The zero-order chi connectivity index (χ0) is 14.5. The summed E-state index contributed by atoms with van der Waals surface area (Å²) in [5, 5.41) is 3.34. The van der Waals surface area contributed by atoms with Gasteiger partial charge in [0.1, 0.15) is 5.82 Å². The second-order valence-corrected chi connectivity index (χ2v) is 6.49. The summed E-state index contributed by atoms with van der Waals surface area (Å²) in [6.45, 7) is 9.80. The standard InChI is InChI=1S/C12H24N4O2S/c1-5-16-9-12(15-11(16)4)19(17,18)14-8-6-7-13-10(2)3/h9-10,13-14H,5-8H2,1-4H3. The first-order valence-corrected chi connectivity index (χ1v) is 8.12. The average Bonchev–Trinajstić information content (AvgIpc) is 2.70. The Morgan fingerprint density at radius 1 is 1.37 bits per heavy atom. The number of hydrogen-bond acceptors (Lipinski definition) is 4. The van der Waals surface area contributed by atoms with E-state index in [0.717, 1.165) is 13.0 Å². The molecule has 1 aromatic rings. The number of imidazole rings is 1. The fraction of sp³-hybridized carbons (Fsp3) is 0.750. The van der Waals surface area contributed by atoms with Crippen molar-refractivity contribution in [3.05, 3.63) is 12.0 Å². The highest BCUT2D eigenvalue weighted by Gasteiger charge is 2.17. The number of hydrogen-bond donors (Lipinski definition) is 2. The summed E-state index contributed by atoms with van der Waals surface area (Å²) in [5.74, 6) is 0.712. The Kier molecular flexibility index (Phi) is 5.96. The van der Waals surface area contributed by atoms with Gasteiger partial charge in [0.15, 0.2) is 5.03 Å². The molecule has 0 radical (unpaired) electrons. The van der Waals surface area contributed by atoms with E-state index in [1.54, 1.807) is 13.1 Å². The van der Waals surface area contributed by atoms with E-state index in [1.807, 2.05) is 11.5 Å². The zero-order valence-electron chi connectivity index (χ0n) is 12.1. The van der Waals surface area contributed by atoms with Gasteiger partial charge in [-0.25, -0.2) is 18.1 Å². The summed E-state index contributed by atoms with van der Waals surface area (Å²) in [4.78, 5) is 4.08. The van der Waals surface area contributed by atoms with E-state index in [4.69, 9.17) is 0 Å². The van der Waals surface area contributed by atoms with Gasteiger partial charge in [-0.05, 0) is 26.8 Å². The van der Waals surface area contributed by atoms with E-state index in [-0.39, 0.29) is 5.03 Å². The van der Waals surface area contributed by atoms with Gasteiger partial charge in [0.25, 0.3) is 10.0 Å². The predicted octanol–water partition coefficient (Wildman–Crippen LogP) is 0.878. The van der Waals surface area contributed by atoms with Gasteiger partial charge in [-0.3, -0.25) is 0 Å². The van der Waals surface area contributed by atoms with Crippen LogP contribution in [0.25, 0.3) is 0 Å². The summed E-state index contributed by atoms with van der Waals surface area (Å²) in [6, 6.07) is 0.416. The van der Waals surface area contributed by atoms with Gasteiger partial charge in [0.2, 0.25) is 0 Å². The van der Waals surface area contributed by atoms with Crippen molar-refractivity contribution in [3.63, 3.8) is 0 Å². The Hall–Kier alpha value is -0.920. The number of aromatic nitrogens is 2. The number of nitrogens with one attached hydrogen (secondary N) is 2. The minimum absolute atomic E-state index is 0.101. The minimum Gasteiger partial charge on any atom is -0.334 e. The van der Waals surface area contributed by atoms with Crippen molar-refractivity contribution in [2.75, 3.05) is 13.1 Å². The van der Waals surface area contributed by atoms with Crippen LogP contribution < -0.4 is 10.0 Å². The van der Waals surface area contributed by atoms with Crippen molar-refractivity contribution in [1.82, 2.24) is 19.6 Å². The van der Waals surface area contributed by atoms with Crippen molar-refractivity contribution < 1.29 is 8.42 Å². The molecule has 1 aromatic heterocycles. The van der Waals surface area contributed by atoms with E-state index in [1.165, 1.54) is 0 Å². The lowest BCUT2D eigenvalue weighted by Crippen LogP contribution is -2.30. The summed E-state index contributed by atoms with van der Waals surface area (Å²) in [5.41, 5.74) is 0. The Labute approximate surface area is 115 Å². The molecule has 1 heterocycles. The average molecular weight is 288 g/mol. The normalized spacial score (nSPS) is 12.3. The SMILES string of the molecule is CCn1cc(S(=O)(=O)NCCCNC(C)C)nc1C. The van der Waals surface area contributed by atoms with Gasteiger partial charge < -0.3 is 9.88 Å². The molecule has 19 heavy (non-hydrogen) atoms. The molecule has 0 aliphatic rings. The van der Waals surface area contributed by atoms with E-state index < -0.39 is 10.0 Å². The van der Waals surface area contributed by atoms with E-state index in [9.17, 15) is 8.42 Å². The summed E-state index contributed by atoms with van der Waals surface area (Å²) >= 11 is 0. The van der Waals surface area contributed by atoms with Crippen molar-refractivity contribution in [1.29, 1.82) is 0 Å². The lowest BCUT2D eigenvalue weighted by Gasteiger charge is -2.08. The fourth-order valence-corrected chi connectivity index (χ4v) is 2.77. The smallest absolute Gasteiger partial charge is 0.259 e. The van der Waals surface area contributed by atoms with E-state index in [2.05, 4.69) is 28.9 Å². The molecule has 0 saturated carbocycles. The third-order valence-corrected chi connectivity index (χ3v) is 4.10. The first-order valence-electron chi connectivity index (χ1n) is 6.63. The maximum atomic E-state index is 12.0. The molecule has 0 saturated heterocycles. The van der Waals surface area contributed by atoms with Crippen LogP contribution >= 0.6 is 0 Å². The summed E-state index contributed by atoms with van der Waals surface area (Å²) < 4.78 is 28.4. The van der Waals surface area contributed by atoms with Gasteiger partial charge in [0.05, 0.1) is 0 Å². The Balaban J connectivity index is 2.51. The van der Waals surface area contributed by atoms with Crippen LogP contribution in [0.3, 0.4) is 0 Å². The third kappa shape index (κ3) is 4.93. The topological polar surface area (TPSA) is 76.0 Å². The molecule has 0 aliphatic heterocycles. The molecule has 0 aliphatic carbocycles. The minimum atomic E-state index is -3.48. The predicted molar refractivity (Wildman–Crippen MR) is 75.6 cm³/mol. The van der Waals surface area contributed by atoms with Gasteiger partial charge in [-0.15, -0.1) is 0 Å². The molecular formula is C12H24N4O2S. The second kappa shape index (κ2) is 7.02. The molecule has 0 aromatic carbocycles. The maximum Gasteiger partial charge on any atom is 0.259 e. The molecule has 0 fully saturated rings. The highest BCUT2D eigenvalue weighted by Crippen LogP contribution is 2.08. The first-order chi connectivity index (χ1) is 8.86. The fourth-order valence-electron chi connectivity index (χ4n) is 1.69. The lowest BCUT2D eigenvalue weighted by atomic mass is 10.3. The molecule has 6 nitrogen and oxygen atoms in total. The molecule has 0 amide bonds. The molecule has 1 rings (SSSR count). The highest BCUT2D eigenvalue weighted by atomic mass is 32.2. The summed E-state index contributed by atoms with van der Waals surface area (Å²) in [6.07, 6.45) is 2.33. The molecule has 110 valence electrons. The van der Waals surface area contributed by atoms with Gasteiger partial charge in [-0.1, -0.05) is 13.8 Å². The number of sulfonamides is 1. The van der Waals surface area contributed by atoms with E-state index in [0.29, 0.717) is 25.0 Å². The zero-order valence-corrected chi connectivity index (χ0v) is 12.9. The molecule has 7 heteroatoms. The van der Waals surface area contributed by atoms with Crippen molar-refractivity contribution >= 4 is 10.0 Å². The quantitative estimate of drug-likeness (QED) is 0.696. The van der Waals surface area contributed by atoms with Crippen LogP contribution in [0.5, 0.6) is 0 Å². The molecule has 0 spiro atoms. The third-order valence-electron chi connectivity index (χ3n) is 2.77. The van der Waals surface area contributed by atoms with Gasteiger partial charge in [-0.2, -0.15) is 0 Å². The number of nitrogens with zero attached hydrogens (tertiary/aromatic N) is 2. The Morgan fingerprint density at radius 2 is 2.05 bits per heavy atom. The second-order valence-electron chi connectivity index (χ2n) is 4.77. The number of rotatable bonds is 8. The van der Waals surface area contributed by atoms with Crippen molar-refractivity contribution in [3.8, 4) is 0 Å². The van der Waals surface area contributed by atoms with E-state index >= 15 is 0 Å². The molecule has 0 unspecified atom stereocenters. The monoisotopic (exact) mass is 288 g/mol. The van der Waals surface area contributed by atoms with Crippen LogP contribution in [0.4, 0.5) is 0 Å². The van der Waals surface area contributed by atoms with Gasteiger partial charge >= 0.3 is 0 Å². The largest absolute Gasteiger partial charge is 0.334 e. The maximum absolute atomic E-state index is 12.0. The van der Waals surface area contributed by atoms with Crippen LogP contribution in [-0.2, 0) is 16.6 Å². The van der Waals surface area contributed by atoms with Crippen LogP contribution in [0.15, 0.2) is 11.2 Å². The first kappa shape index (κ1) is 16.1. The highest BCUT2D eigenvalue weighted by molar-refractivity contribution is 7.89. The van der Waals surface area contributed by atoms with Gasteiger partial charge in [0, 0.05) is 25.3 Å². The summed E-state index contributed by atoms with van der Waals surface area (Å²) in [7, 11) is -3.48. The van der Waals surface area contributed by atoms with Crippen LogP contribution in [-0.4, -0.2) is 37.1 Å². The lowest BCUT2D eigenvalue weighted by molar-refractivity contribution is 0.553. The van der Waals surface area contributed by atoms with Crippen LogP contribution in [0.1, 0.15) is 33.0 Å². The van der Waals surface area contributed by atoms with Crippen LogP contribution in [0, 0.1) is 6.92 Å². The Bertz CT molecular complexity index is 494. The molecule has 0 bridgehead atoms. The molecular weight excluding hydrogens is 264 g/mol. The van der Waals surface area contributed by atoms with Crippen molar-refractivity contribution in [2.24, 2.45) is 0 Å². The number of aryl methyl sites for hydroxylation is 2.